The van der Waals surface area contributed by atoms with Crippen LogP contribution in [0.4, 0.5) is 4.79 Å². The zero-order chi connectivity index (χ0) is 21.8. The van der Waals surface area contributed by atoms with Crippen molar-refractivity contribution in [3.8, 4) is 0 Å². The van der Waals surface area contributed by atoms with Gasteiger partial charge in [0, 0.05) is 28.7 Å². The number of fused-ring (bicyclic) bond motifs is 1. The molecule has 0 aromatic carbocycles. The van der Waals surface area contributed by atoms with E-state index >= 15 is 0 Å². The third-order valence-electron chi connectivity index (χ3n) is 4.61. The Labute approximate surface area is 161 Å². The molecule has 1 aliphatic rings. The number of ether oxygens (including phenoxy) is 1. The molecule has 26 heavy (non-hydrogen) atoms. The fraction of sp³-hybridized carbons (Fsp3) is 0.611. The summed E-state index contributed by atoms with van der Waals surface area (Å²) in [6, 6.07) is 1.20. The molecule has 2 aromatic rings. The predicted molar refractivity (Wildman–Crippen MR) is 101 cm³/mol. The number of carbonyl (C=O) groups excluding carboxylic acids is 1. The van der Waals surface area contributed by atoms with Crippen LogP contribution in [0.15, 0.2) is 17.1 Å². The highest BCUT2D eigenvalue weighted by Gasteiger charge is 2.39. The smallest absolute Gasteiger partial charge is 0.408 e. The monoisotopic (exact) mass is 383 g/mol. The summed E-state index contributed by atoms with van der Waals surface area (Å²) in [5.74, 6) is 0. The van der Waals surface area contributed by atoms with Gasteiger partial charge >= 0.3 is 11.8 Å². The van der Waals surface area contributed by atoms with Crippen molar-refractivity contribution in [3.05, 3.63) is 27.9 Å². The summed E-state index contributed by atoms with van der Waals surface area (Å²) in [5.41, 5.74) is -1.23. The van der Waals surface area contributed by atoms with Gasteiger partial charge in [-0.2, -0.15) is 0 Å². The number of pyridine rings is 1. The number of hydrogen-bond donors (Lipinski definition) is 1. The molecule has 2 atom stereocenters. The standard InChI is InChI=1S/C18H25ClN4O3/c1-17(2,3)26-15(24)21-18(4)7-6-11(9-18)23-12-8-14(19)20-10-13(12)22(5)16(23)25/h8,10-11H,6-7,9H2,1-5H3,(H,21,24)/t11-,18+/m1/s1/i5D3. The maximum Gasteiger partial charge on any atom is 0.408 e. The summed E-state index contributed by atoms with van der Waals surface area (Å²) in [7, 11) is 0. The number of alkyl carbamates (subject to hydrolysis) is 1. The highest BCUT2D eigenvalue weighted by atomic mass is 35.5. The van der Waals surface area contributed by atoms with Crippen LogP contribution < -0.4 is 11.0 Å². The third-order valence-corrected chi connectivity index (χ3v) is 4.82. The van der Waals surface area contributed by atoms with Gasteiger partial charge in [0.1, 0.15) is 10.8 Å². The van der Waals surface area contributed by atoms with Gasteiger partial charge in [0.25, 0.3) is 0 Å². The topological polar surface area (TPSA) is 78.2 Å². The number of nitrogens with one attached hydrogen (secondary N) is 1. The van der Waals surface area contributed by atoms with Crippen LogP contribution in [-0.2, 0) is 11.7 Å². The zero-order valence-corrected chi connectivity index (χ0v) is 16.1. The first kappa shape index (κ1) is 15.1. The molecule has 142 valence electrons. The summed E-state index contributed by atoms with van der Waals surface area (Å²) in [4.78, 5) is 29.2. The van der Waals surface area contributed by atoms with Crippen LogP contribution in [0.5, 0.6) is 0 Å². The molecule has 1 aliphatic carbocycles. The van der Waals surface area contributed by atoms with Crippen molar-refractivity contribution in [1.82, 2.24) is 19.4 Å². The van der Waals surface area contributed by atoms with Crippen LogP contribution in [0.2, 0.25) is 5.15 Å². The van der Waals surface area contributed by atoms with E-state index in [0.717, 1.165) is 4.57 Å². The lowest BCUT2D eigenvalue weighted by molar-refractivity contribution is 0.0464. The van der Waals surface area contributed by atoms with E-state index in [1.54, 1.807) is 20.8 Å². The number of aromatic nitrogens is 3. The molecule has 0 spiro atoms. The number of aryl methyl sites for hydroxylation is 1. The van der Waals surface area contributed by atoms with Gasteiger partial charge in [0.05, 0.1) is 17.2 Å². The maximum absolute atomic E-state index is 13.0. The molecule has 1 N–H and O–H groups in total. The lowest BCUT2D eigenvalue weighted by atomic mass is 10.0. The Balaban J connectivity index is 1.96. The lowest BCUT2D eigenvalue weighted by Gasteiger charge is -2.28. The van der Waals surface area contributed by atoms with Gasteiger partial charge in [-0.25, -0.2) is 14.6 Å². The van der Waals surface area contributed by atoms with Crippen LogP contribution in [0.25, 0.3) is 11.0 Å². The average molecular weight is 384 g/mol. The first-order valence-corrected chi connectivity index (χ1v) is 8.88. The number of imidazole rings is 1. The van der Waals surface area contributed by atoms with E-state index in [-0.39, 0.29) is 16.7 Å². The van der Waals surface area contributed by atoms with Crippen molar-refractivity contribution >= 4 is 28.7 Å². The average Bonchev–Trinajstić information content (AvgIpc) is 3.01. The van der Waals surface area contributed by atoms with Crippen LogP contribution >= 0.6 is 11.6 Å². The van der Waals surface area contributed by atoms with Crippen molar-refractivity contribution in [3.63, 3.8) is 0 Å². The molecule has 0 bridgehead atoms. The second-order valence-electron chi connectivity index (χ2n) is 8.07. The summed E-state index contributed by atoms with van der Waals surface area (Å²) in [6.45, 7) is 4.60. The molecule has 0 aliphatic heterocycles. The fourth-order valence-corrected chi connectivity index (χ4v) is 3.69. The molecule has 2 aromatic heterocycles. The molecule has 1 saturated carbocycles. The first-order valence-electron chi connectivity index (χ1n) is 10.0. The van der Waals surface area contributed by atoms with E-state index in [0.29, 0.717) is 24.8 Å². The van der Waals surface area contributed by atoms with Gasteiger partial charge in [-0.1, -0.05) is 11.6 Å². The second kappa shape index (κ2) is 6.30. The van der Waals surface area contributed by atoms with Crippen molar-refractivity contribution in [1.29, 1.82) is 0 Å². The van der Waals surface area contributed by atoms with Gasteiger partial charge in [-0.3, -0.25) is 9.13 Å². The Morgan fingerprint density at radius 1 is 1.50 bits per heavy atom. The second-order valence-corrected chi connectivity index (χ2v) is 8.46. The lowest BCUT2D eigenvalue weighted by Crippen LogP contribution is -2.46. The largest absolute Gasteiger partial charge is 0.444 e. The summed E-state index contributed by atoms with van der Waals surface area (Å²) >= 11 is 6.01. The van der Waals surface area contributed by atoms with E-state index in [2.05, 4.69) is 10.3 Å². The Morgan fingerprint density at radius 2 is 2.23 bits per heavy atom. The van der Waals surface area contributed by atoms with Gasteiger partial charge in [0.2, 0.25) is 0 Å². The molecular formula is C18H25ClN4O3. The summed E-state index contributed by atoms with van der Waals surface area (Å²) < 4.78 is 30.8. The number of amides is 1. The van der Waals surface area contributed by atoms with Crippen molar-refractivity contribution in [2.45, 2.75) is 64.1 Å². The molecule has 2 heterocycles. The van der Waals surface area contributed by atoms with E-state index in [1.165, 1.54) is 16.8 Å². The summed E-state index contributed by atoms with van der Waals surface area (Å²) in [6.07, 6.45) is 2.43. The van der Waals surface area contributed by atoms with Gasteiger partial charge in [0.15, 0.2) is 0 Å². The molecule has 3 rings (SSSR count). The predicted octanol–water partition coefficient (Wildman–Crippen LogP) is 3.40. The third kappa shape index (κ3) is 3.58. The number of rotatable bonds is 2. The zero-order valence-electron chi connectivity index (χ0n) is 18.3. The van der Waals surface area contributed by atoms with E-state index < -0.39 is 29.9 Å². The SMILES string of the molecule is [2H]C([2H])([2H])n1c(=O)n([C@@H]2CC[C@](C)(NC(=O)OC(C)(C)C)C2)c2cc(Cl)ncc21. The molecule has 7 nitrogen and oxygen atoms in total. The summed E-state index contributed by atoms with van der Waals surface area (Å²) in [5, 5.41) is 3.06. The molecule has 1 fully saturated rings. The van der Waals surface area contributed by atoms with Crippen LogP contribution in [-0.4, -0.2) is 31.4 Å². The van der Waals surface area contributed by atoms with E-state index in [1.807, 2.05) is 6.92 Å². The number of nitrogens with zero attached hydrogens (tertiary/aromatic N) is 3. The number of halogens is 1. The van der Waals surface area contributed by atoms with Crippen molar-refractivity contribution in [2.24, 2.45) is 6.98 Å². The Hall–Kier alpha value is -2.02. The molecule has 1 amide bonds. The minimum Gasteiger partial charge on any atom is -0.444 e. The Bertz CT molecular complexity index is 1010. The molecule has 0 radical (unpaired) electrons. The quantitative estimate of drug-likeness (QED) is 0.806. The minimum atomic E-state index is -2.65. The highest BCUT2D eigenvalue weighted by molar-refractivity contribution is 6.29. The normalized spacial score (nSPS) is 25.6. The van der Waals surface area contributed by atoms with Crippen molar-refractivity contribution in [2.75, 3.05) is 0 Å². The molecule has 0 saturated heterocycles. The van der Waals surface area contributed by atoms with Crippen molar-refractivity contribution < 1.29 is 13.6 Å². The molecule has 0 unspecified atom stereocenters. The Kier molecular flexibility index (Phi) is 3.65. The minimum absolute atomic E-state index is 0.168. The first-order chi connectivity index (χ1) is 13.2. The highest BCUT2D eigenvalue weighted by Crippen LogP contribution is 2.38. The van der Waals surface area contributed by atoms with Crippen LogP contribution in [0.1, 0.15) is 57.1 Å². The van der Waals surface area contributed by atoms with Crippen LogP contribution in [0, 0.1) is 0 Å². The van der Waals surface area contributed by atoms with Gasteiger partial charge in [-0.15, -0.1) is 0 Å². The number of carbonyl (C=O) groups is 1. The molecule has 8 heteroatoms. The van der Waals surface area contributed by atoms with E-state index in [4.69, 9.17) is 20.5 Å². The van der Waals surface area contributed by atoms with Gasteiger partial charge < -0.3 is 10.1 Å². The van der Waals surface area contributed by atoms with Crippen LogP contribution in [0.3, 0.4) is 0 Å². The van der Waals surface area contributed by atoms with E-state index in [9.17, 15) is 9.59 Å². The number of hydrogen-bond acceptors (Lipinski definition) is 4. The molecular weight excluding hydrogens is 356 g/mol. The Morgan fingerprint density at radius 3 is 2.88 bits per heavy atom. The fourth-order valence-electron chi connectivity index (χ4n) is 3.54. The maximum atomic E-state index is 13.0. The van der Waals surface area contributed by atoms with Gasteiger partial charge in [-0.05, 0) is 47.0 Å².